The Kier molecular flexibility index (Phi) is 8.05. The molecule has 0 radical (unpaired) electrons. The first kappa shape index (κ1) is 22.4. The topological polar surface area (TPSA) is 95.6 Å². The number of halogens is 1. The van der Waals surface area contributed by atoms with E-state index in [1.807, 2.05) is 30.3 Å². The second kappa shape index (κ2) is 9.34. The summed E-state index contributed by atoms with van der Waals surface area (Å²) >= 11 is 0. The van der Waals surface area contributed by atoms with Gasteiger partial charge in [-0.05, 0) is 31.5 Å². The number of rotatable bonds is 6. The lowest BCUT2D eigenvalue weighted by molar-refractivity contribution is -0.137. The smallest absolute Gasteiger partial charge is 0.244 e. The molecule has 1 aromatic rings. The van der Waals surface area contributed by atoms with Crippen LogP contribution in [0.1, 0.15) is 18.4 Å². The number of sulfone groups is 1. The fourth-order valence-electron chi connectivity index (χ4n) is 3.06. The quantitative estimate of drug-likeness (QED) is 0.714. The van der Waals surface area contributed by atoms with Gasteiger partial charge in [0.05, 0.1) is 6.54 Å². The lowest BCUT2D eigenvalue weighted by Crippen LogP contribution is -2.58. The van der Waals surface area contributed by atoms with E-state index in [0.717, 1.165) is 11.8 Å². The minimum atomic E-state index is -3.59. The van der Waals surface area contributed by atoms with Crippen molar-refractivity contribution in [2.24, 2.45) is 0 Å². The molecule has 2 amide bonds. The zero-order valence-corrected chi connectivity index (χ0v) is 16.7. The normalized spacial score (nSPS) is 16.2. The summed E-state index contributed by atoms with van der Waals surface area (Å²) in [4.78, 5) is 26.1. The highest BCUT2D eigenvalue weighted by molar-refractivity contribution is 7.92. The van der Waals surface area contributed by atoms with E-state index in [9.17, 15) is 18.0 Å². The van der Waals surface area contributed by atoms with Crippen LogP contribution < -0.4 is 10.6 Å². The van der Waals surface area contributed by atoms with Gasteiger partial charge in [0.15, 0.2) is 14.6 Å². The molecule has 0 unspecified atom stereocenters. The third-order valence-corrected chi connectivity index (χ3v) is 6.57. The van der Waals surface area contributed by atoms with Crippen molar-refractivity contribution in [3.8, 4) is 0 Å². The number of carbonyl (C=O) groups is 2. The first-order chi connectivity index (χ1) is 11.8. The lowest BCUT2D eigenvalue weighted by Gasteiger charge is -2.37. The van der Waals surface area contributed by atoms with Gasteiger partial charge < -0.3 is 15.5 Å². The van der Waals surface area contributed by atoms with E-state index in [1.54, 1.807) is 0 Å². The molecule has 2 rings (SSSR count). The highest BCUT2D eigenvalue weighted by Gasteiger charge is 2.50. The number of benzene rings is 1. The molecular weight excluding hydrogens is 378 g/mol. The summed E-state index contributed by atoms with van der Waals surface area (Å²) in [6, 6.07) is 9.43. The number of carbonyl (C=O) groups excluding carboxylic acids is 2. The van der Waals surface area contributed by atoms with Crippen molar-refractivity contribution in [3.05, 3.63) is 35.9 Å². The molecule has 0 atom stereocenters. The van der Waals surface area contributed by atoms with E-state index in [1.165, 1.54) is 11.9 Å². The van der Waals surface area contributed by atoms with Gasteiger partial charge in [-0.1, -0.05) is 30.3 Å². The van der Waals surface area contributed by atoms with Crippen molar-refractivity contribution < 1.29 is 18.0 Å². The molecule has 0 aliphatic carbocycles. The number of hydrogen-bond donors (Lipinski definition) is 2. The molecule has 146 valence electrons. The fourth-order valence-corrected chi connectivity index (χ4v) is 4.48. The molecule has 1 heterocycles. The van der Waals surface area contributed by atoms with Crippen LogP contribution in [0.15, 0.2) is 30.3 Å². The van der Waals surface area contributed by atoms with E-state index < -0.39 is 20.5 Å². The fraction of sp³-hybridized carbons (Fsp3) is 0.529. The summed E-state index contributed by atoms with van der Waals surface area (Å²) in [7, 11) is -2.11. The van der Waals surface area contributed by atoms with Crippen LogP contribution in [0, 0.1) is 0 Å². The Balaban J connectivity index is 0.00000338. The molecule has 2 N–H and O–H groups in total. The standard InChI is InChI=1S/C17H25N3O4S.ClH/c1-20(13-15(21)19-12-14-6-4-3-5-7-14)16(22)17(25(2,23)24)8-10-18-11-9-17;/h3-7,18H,8-13H2,1-2H3,(H,19,21);1H. The Hall–Kier alpha value is -1.64. The van der Waals surface area contributed by atoms with Gasteiger partial charge in [-0.15, -0.1) is 12.4 Å². The largest absolute Gasteiger partial charge is 0.350 e. The van der Waals surface area contributed by atoms with Crippen LogP contribution in [0.2, 0.25) is 0 Å². The highest BCUT2D eigenvalue weighted by atomic mass is 35.5. The molecule has 0 aromatic heterocycles. The third kappa shape index (κ3) is 5.18. The summed E-state index contributed by atoms with van der Waals surface area (Å²) < 4.78 is 23.1. The van der Waals surface area contributed by atoms with Crippen molar-refractivity contribution in [2.45, 2.75) is 24.1 Å². The van der Waals surface area contributed by atoms with Gasteiger partial charge in [0, 0.05) is 19.8 Å². The van der Waals surface area contributed by atoms with Crippen LogP contribution in [0.25, 0.3) is 0 Å². The first-order valence-electron chi connectivity index (χ1n) is 8.23. The predicted molar refractivity (Wildman–Crippen MR) is 103 cm³/mol. The summed E-state index contributed by atoms with van der Waals surface area (Å²) in [5, 5.41) is 5.81. The molecule has 1 saturated heterocycles. The molecule has 9 heteroatoms. The number of piperidine rings is 1. The molecule has 26 heavy (non-hydrogen) atoms. The van der Waals surface area contributed by atoms with Crippen molar-refractivity contribution in [1.82, 2.24) is 15.5 Å². The SMILES string of the molecule is CN(CC(=O)NCc1ccccc1)C(=O)C1(S(C)(=O)=O)CCNCC1.Cl. The van der Waals surface area contributed by atoms with Crippen LogP contribution >= 0.6 is 12.4 Å². The van der Waals surface area contributed by atoms with Gasteiger partial charge in [0.2, 0.25) is 11.8 Å². The number of nitrogens with zero attached hydrogens (tertiary/aromatic N) is 1. The monoisotopic (exact) mass is 403 g/mol. The van der Waals surface area contributed by atoms with Crippen LogP contribution in [-0.2, 0) is 26.0 Å². The van der Waals surface area contributed by atoms with Crippen molar-refractivity contribution in [3.63, 3.8) is 0 Å². The maximum absolute atomic E-state index is 12.8. The summed E-state index contributed by atoms with van der Waals surface area (Å²) in [5.74, 6) is -0.830. The average Bonchev–Trinajstić information content (AvgIpc) is 2.60. The summed E-state index contributed by atoms with van der Waals surface area (Å²) in [6.07, 6.45) is 1.54. The Bertz CT molecular complexity index is 719. The molecule has 1 fully saturated rings. The van der Waals surface area contributed by atoms with Gasteiger partial charge >= 0.3 is 0 Å². The second-order valence-corrected chi connectivity index (χ2v) is 8.77. The molecular formula is C17H26ClN3O4S. The van der Waals surface area contributed by atoms with Crippen LogP contribution in [0.3, 0.4) is 0 Å². The van der Waals surface area contributed by atoms with Gasteiger partial charge in [-0.3, -0.25) is 9.59 Å². The molecule has 0 bridgehead atoms. The zero-order chi connectivity index (χ0) is 18.5. The van der Waals surface area contributed by atoms with E-state index in [4.69, 9.17) is 0 Å². The molecule has 7 nitrogen and oxygen atoms in total. The number of likely N-dealkylation sites (N-methyl/N-ethyl adjacent to an activating group) is 1. The predicted octanol–water partition coefficient (Wildman–Crippen LogP) is 0.350. The Morgan fingerprint density at radius 1 is 1.19 bits per heavy atom. The number of amides is 2. The summed E-state index contributed by atoms with van der Waals surface area (Å²) in [5.41, 5.74) is 0.954. The van der Waals surface area contributed by atoms with Gasteiger partial charge in [-0.25, -0.2) is 8.42 Å². The van der Waals surface area contributed by atoms with Crippen molar-refractivity contribution in [2.75, 3.05) is 32.9 Å². The Labute approximate surface area is 160 Å². The summed E-state index contributed by atoms with van der Waals surface area (Å²) in [6.45, 7) is 1.12. The number of nitrogens with one attached hydrogen (secondary N) is 2. The van der Waals surface area contributed by atoms with E-state index in [0.29, 0.717) is 19.6 Å². The second-order valence-electron chi connectivity index (χ2n) is 6.44. The Morgan fingerprint density at radius 3 is 2.31 bits per heavy atom. The molecule has 1 aliphatic heterocycles. The molecule has 0 saturated carbocycles. The third-order valence-electron chi connectivity index (χ3n) is 4.57. The minimum absolute atomic E-state index is 0. The maximum atomic E-state index is 12.8. The van der Waals surface area contributed by atoms with Crippen LogP contribution in [0.5, 0.6) is 0 Å². The Morgan fingerprint density at radius 2 is 1.77 bits per heavy atom. The van der Waals surface area contributed by atoms with E-state index >= 15 is 0 Å². The maximum Gasteiger partial charge on any atom is 0.244 e. The van der Waals surface area contributed by atoms with E-state index in [2.05, 4.69) is 10.6 Å². The molecule has 1 aliphatic rings. The van der Waals surface area contributed by atoms with Crippen LogP contribution in [-0.4, -0.2) is 62.8 Å². The highest BCUT2D eigenvalue weighted by Crippen LogP contribution is 2.29. The number of hydrogen-bond acceptors (Lipinski definition) is 5. The van der Waals surface area contributed by atoms with Crippen molar-refractivity contribution >= 4 is 34.1 Å². The lowest BCUT2D eigenvalue weighted by atomic mass is 9.95. The minimum Gasteiger partial charge on any atom is -0.350 e. The molecule has 0 spiro atoms. The molecule has 1 aromatic carbocycles. The van der Waals surface area contributed by atoms with Gasteiger partial charge in [-0.2, -0.15) is 0 Å². The zero-order valence-electron chi connectivity index (χ0n) is 15.0. The first-order valence-corrected chi connectivity index (χ1v) is 10.1. The van der Waals surface area contributed by atoms with Crippen LogP contribution in [0.4, 0.5) is 0 Å². The van der Waals surface area contributed by atoms with Crippen molar-refractivity contribution in [1.29, 1.82) is 0 Å². The average molecular weight is 404 g/mol. The van der Waals surface area contributed by atoms with Gasteiger partial charge in [0.1, 0.15) is 0 Å². The van der Waals surface area contributed by atoms with Gasteiger partial charge in [0.25, 0.3) is 0 Å². The van der Waals surface area contributed by atoms with E-state index in [-0.39, 0.29) is 37.7 Å².